The number of carbonyl (C=O) groups is 3. The number of halogens is 2. The van der Waals surface area contributed by atoms with Gasteiger partial charge in [-0.15, -0.1) is 23.2 Å². The smallest absolute Gasteiger partial charge is 0.235 e. The number of rotatable bonds is 4. The fourth-order valence-corrected chi connectivity index (χ4v) is 7.00. The minimum atomic E-state index is -1.21. The maximum atomic E-state index is 13.7. The molecule has 3 amide bonds. The Balaban J connectivity index is 1.37. The second-order valence-corrected chi connectivity index (χ2v) is 10.2. The summed E-state index contributed by atoms with van der Waals surface area (Å²) in [6.07, 6.45) is -0.0176. The Morgan fingerprint density at radius 3 is 1.59 bits per heavy atom. The van der Waals surface area contributed by atoms with E-state index in [9.17, 15) is 14.4 Å². The van der Waals surface area contributed by atoms with Crippen molar-refractivity contribution < 1.29 is 14.4 Å². The Kier molecular flexibility index (Phi) is 4.67. The summed E-state index contributed by atoms with van der Waals surface area (Å²) in [7, 11) is 0. The molecule has 1 aliphatic heterocycles. The standard InChI is InChI=1S/C27H20Cl2N2O3/c28-26-17-10-4-5-11-18(17)27(29,20-13-7-6-12-19(20)26)23-22(26)24(33)31(25(23)34)15-14-21(32)30-16-8-2-1-3-9-16/h1-13,22-23H,14-15H2,(H,30,32)/t22-,23+,26?,27?. The topological polar surface area (TPSA) is 66.5 Å². The van der Waals surface area contributed by atoms with Gasteiger partial charge in [-0.05, 0) is 34.4 Å². The molecule has 7 heteroatoms. The molecule has 1 saturated heterocycles. The summed E-state index contributed by atoms with van der Waals surface area (Å²) in [4.78, 5) is 38.7. The second kappa shape index (κ2) is 7.42. The number of alkyl halides is 2. The van der Waals surface area contributed by atoms with Gasteiger partial charge in [0.25, 0.3) is 0 Å². The van der Waals surface area contributed by atoms with E-state index in [0.29, 0.717) is 5.69 Å². The maximum absolute atomic E-state index is 13.7. The highest BCUT2D eigenvalue weighted by Gasteiger charge is 2.72. The van der Waals surface area contributed by atoms with Crippen LogP contribution in [0.4, 0.5) is 5.69 Å². The molecule has 1 N–H and O–H groups in total. The molecule has 4 aliphatic rings. The van der Waals surface area contributed by atoms with E-state index in [2.05, 4.69) is 5.32 Å². The molecule has 0 unspecified atom stereocenters. The van der Waals surface area contributed by atoms with Gasteiger partial charge in [0.1, 0.15) is 9.75 Å². The first-order valence-electron chi connectivity index (χ1n) is 11.2. The van der Waals surface area contributed by atoms with Crippen LogP contribution in [-0.4, -0.2) is 29.2 Å². The summed E-state index contributed by atoms with van der Waals surface area (Å²) in [5, 5.41) is 2.79. The second-order valence-electron chi connectivity index (χ2n) is 8.96. The van der Waals surface area contributed by atoms with Crippen molar-refractivity contribution in [1.29, 1.82) is 0 Å². The van der Waals surface area contributed by atoms with E-state index in [0.717, 1.165) is 22.3 Å². The summed E-state index contributed by atoms with van der Waals surface area (Å²) in [6, 6.07) is 24.1. The van der Waals surface area contributed by atoms with Crippen molar-refractivity contribution in [2.45, 2.75) is 16.2 Å². The lowest BCUT2D eigenvalue weighted by molar-refractivity contribution is -0.140. The first-order valence-corrected chi connectivity index (χ1v) is 11.9. The highest BCUT2D eigenvalue weighted by Crippen LogP contribution is 2.69. The lowest BCUT2D eigenvalue weighted by atomic mass is 9.54. The van der Waals surface area contributed by atoms with Crippen LogP contribution in [0, 0.1) is 11.8 Å². The lowest BCUT2D eigenvalue weighted by Crippen LogP contribution is -2.57. The molecule has 0 radical (unpaired) electrons. The van der Waals surface area contributed by atoms with Crippen molar-refractivity contribution in [3.63, 3.8) is 0 Å². The zero-order valence-corrected chi connectivity index (χ0v) is 19.5. The summed E-state index contributed by atoms with van der Waals surface area (Å²) in [6.45, 7) is -0.0318. The molecule has 3 aliphatic carbocycles. The van der Waals surface area contributed by atoms with Crippen LogP contribution in [0.2, 0.25) is 0 Å². The number of hydrogen-bond acceptors (Lipinski definition) is 3. The molecular weight excluding hydrogens is 471 g/mol. The van der Waals surface area contributed by atoms with E-state index in [1.807, 2.05) is 66.7 Å². The Bertz CT molecular complexity index is 1240. The highest BCUT2D eigenvalue weighted by atomic mass is 35.5. The average molecular weight is 491 g/mol. The fourth-order valence-electron chi connectivity index (χ4n) is 5.90. The van der Waals surface area contributed by atoms with Crippen molar-refractivity contribution in [2.24, 2.45) is 11.8 Å². The summed E-state index contributed by atoms with van der Waals surface area (Å²) in [5.74, 6) is -2.74. The first-order chi connectivity index (χ1) is 16.4. The van der Waals surface area contributed by atoms with Crippen LogP contribution in [0.25, 0.3) is 0 Å². The third kappa shape index (κ3) is 2.65. The third-order valence-electron chi connectivity index (χ3n) is 7.30. The van der Waals surface area contributed by atoms with Crippen LogP contribution in [0.5, 0.6) is 0 Å². The molecule has 0 spiro atoms. The Morgan fingerprint density at radius 1 is 0.735 bits per heavy atom. The molecule has 1 fully saturated rings. The van der Waals surface area contributed by atoms with Crippen LogP contribution < -0.4 is 5.32 Å². The van der Waals surface area contributed by atoms with Crippen LogP contribution in [-0.2, 0) is 24.1 Å². The number of anilines is 1. The number of carbonyl (C=O) groups excluding carboxylic acids is 3. The number of likely N-dealkylation sites (tertiary alicyclic amines) is 1. The van der Waals surface area contributed by atoms with Crippen molar-refractivity contribution >= 4 is 46.6 Å². The molecule has 170 valence electrons. The molecule has 2 atom stereocenters. The summed E-state index contributed by atoms with van der Waals surface area (Å²) in [5.41, 5.74) is 3.70. The average Bonchev–Trinajstić information content (AvgIpc) is 3.12. The van der Waals surface area contributed by atoms with Crippen LogP contribution >= 0.6 is 23.2 Å². The number of para-hydroxylation sites is 1. The number of imide groups is 1. The molecular formula is C27H20Cl2N2O3. The molecule has 5 nitrogen and oxygen atoms in total. The van der Waals surface area contributed by atoms with Gasteiger partial charge in [-0.3, -0.25) is 19.3 Å². The van der Waals surface area contributed by atoms with E-state index in [4.69, 9.17) is 23.2 Å². The number of nitrogens with zero attached hydrogens (tertiary/aromatic N) is 1. The third-order valence-corrected chi connectivity index (χ3v) is 8.58. The van der Waals surface area contributed by atoms with Crippen molar-refractivity contribution in [3.8, 4) is 0 Å². The lowest BCUT2D eigenvalue weighted by Gasteiger charge is -2.54. The van der Waals surface area contributed by atoms with Crippen molar-refractivity contribution in [1.82, 2.24) is 4.90 Å². The van der Waals surface area contributed by atoms with Crippen molar-refractivity contribution in [2.75, 3.05) is 11.9 Å². The molecule has 0 saturated carbocycles. The predicted molar refractivity (Wildman–Crippen MR) is 130 cm³/mol. The number of amides is 3. The Morgan fingerprint density at radius 2 is 1.15 bits per heavy atom. The zero-order valence-electron chi connectivity index (χ0n) is 18.0. The Hall–Kier alpha value is -3.15. The van der Waals surface area contributed by atoms with E-state index < -0.39 is 21.6 Å². The minimum Gasteiger partial charge on any atom is -0.326 e. The van der Waals surface area contributed by atoms with Gasteiger partial charge < -0.3 is 5.32 Å². The monoisotopic (exact) mass is 490 g/mol. The molecule has 34 heavy (non-hydrogen) atoms. The SMILES string of the molecule is O=C(CCN1C(=O)[C@@H]2[C@H](C1=O)C1(Cl)c3ccccc3C2(Cl)c2ccccc21)Nc1ccccc1. The molecule has 1 heterocycles. The summed E-state index contributed by atoms with van der Waals surface area (Å²) < 4.78 is 0. The molecule has 3 aromatic carbocycles. The van der Waals surface area contributed by atoms with Gasteiger partial charge in [0.2, 0.25) is 17.7 Å². The van der Waals surface area contributed by atoms with E-state index in [1.54, 1.807) is 12.1 Å². The zero-order chi connectivity index (χ0) is 23.7. The van der Waals surface area contributed by atoms with Gasteiger partial charge in [-0.1, -0.05) is 66.7 Å². The van der Waals surface area contributed by atoms with E-state index in [1.165, 1.54) is 4.90 Å². The van der Waals surface area contributed by atoms with E-state index in [-0.39, 0.29) is 30.7 Å². The molecule has 3 aromatic rings. The number of hydrogen-bond donors (Lipinski definition) is 1. The van der Waals surface area contributed by atoms with Crippen LogP contribution in [0.3, 0.4) is 0 Å². The Labute approximate surface area is 206 Å². The quantitative estimate of drug-likeness (QED) is 0.428. The first kappa shape index (κ1) is 21.4. The van der Waals surface area contributed by atoms with Gasteiger partial charge in [-0.2, -0.15) is 0 Å². The van der Waals surface area contributed by atoms with Crippen molar-refractivity contribution in [3.05, 3.63) is 101 Å². The number of benzene rings is 3. The highest BCUT2D eigenvalue weighted by molar-refractivity contribution is 6.36. The number of nitrogens with one attached hydrogen (secondary N) is 1. The van der Waals surface area contributed by atoms with Gasteiger partial charge in [-0.25, -0.2) is 0 Å². The van der Waals surface area contributed by atoms with Gasteiger partial charge in [0, 0.05) is 18.7 Å². The van der Waals surface area contributed by atoms with Gasteiger partial charge in [0.15, 0.2) is 0 Å². The van der Waals surface area contributed by atoms with Crippen LogP contribution in [0.1, 0.15) is 28.7 Å². The van der Waals surface area contributed by atoms with E-state index >= 15 is 0 Å². The van der Waals surface area contributed by atoms with Gasteiger partial charge >= 0.3 is 0 Å². The molecule has 7 rings (SSSR count). The van der Waals surface area contributed by atoms with Gasteiger partial charge in [0.05, 0.1) is 11.8 Å². The van der Waals surface area contributed by atoms with Crippen LogP contribution in [0.15, 0.2) is 78.9 Å². The predicted octanol–water partition coefficient (Wildman–Crippen LogP) is 4.61. The fraction of sp³-hybridized carbons (Fsp3) is 0.222. The molecule has 2 bridgehead atoms. The minimum absolute atomic E-state index is 0.0176. The molecule has 0 aromatic heterocycles. The maximum Gasteiger partial charge on any atom is 0.235 e. The summed E-state index contributed by atoms with van der Waals surface area (Å²) >= 11 is 14.8. The normalized spacial score (nSPS) is 28.4. The largest absolute Gasteiger partial charge is 0.326 e.